The maximum absolute atomic E-state index is 11.7. The highest BCUT2D eigenvalue weighted by atomic mass is 16.6. The lowest BCUT2D eigenvalue weighted by Gasteiger charge is -2.41. The predicted octanol–water partition coefficient (Wildman–Crippen LogP) is 0.124. The van der Waals surface area contributed by atoms with E-state index in [2.05, 4.69) is 5.32 Å². The topological polar surface area (TPSA) is 105 Å². The summed E-state index contributed by atoms with van der Waals surface area (Å²) in [5.41, 5.74) is 0. The molecule has 1 amide bonds. The van der Waals surface area contributed by atoms with Gasteiger partial charge in [0.05, 0.1) is 18.1 Å². The van der Waals surface area contributed by atoms with Gasteiger partial charge < -0.3 is 25.0 Å². The largest absolute Gasteiger partial charge is 0.463 e. The number of ether oxygens (including phenoxy) is 2. The van der Waals surface area contributed by atoms with Gasteiger partial charge in [0.2, 0.25) is 5.91 Å². The highest BCUT2D eigenvalue weighted by molar-refractivity contribution is 5.76. The van der Waals surface area contributed by atoms with Crippen LogP contribution < -0.4 is 5.32 Å². The van der Waals surface area contributed by atoms with E-state index in [1.165, 1.54) is 0 Å². The highest BCUT2D eigenvalue weighted by Crippen LogP contribution is 2.28. The van der Waals surface area contributed by atoms with Crippen LogP contribution in [0.15, 0.2) is 0 Å². The molecule has 1 saturated heterocycles. The molecule has 1 heterocycles. The van der Waals surface area contributed by atoms with Crippen LogP contribution in [-0.2, 0) is 19.1 Å². The molecule has 1 saturated carbocycles. The zero-order valence-electron chi connectivity index (χ0n) is 13.7. The minimum absolute atomic E-state index is 0.0424. The summed E-state index contributed by atoms with van der Waals surface area (Å²) in [5, 5.41) is 23.1. The van der Waals surface area contributed by atoms with Crippen molar-refractivity contribution in [1.82, 2.24) is 5.32 Å². The third kappa shape index (κ3) is 4.43. The molecular formula is C16H27NO6. The molecule has 2 fully saturated rings. The summed E-state index contributed by atoms with van der Waals surface area (Å²) in [6.07, 6.45) is 0.136. The van der Waals surface area contributed by atoms with E-state index in [-0.39, 0.29) is 24.4 Å². The fourth-order valence-electron chi connectivity index (χ4n) is 2.90. The summed E-state index contributed by atoms with van der Waals surface area (Å²) in [5.74, 6) is -0.499. The molecule has 7 nitrogen and oxygen atoms in total. The van der Waals surface area contributed by atoms with E-state index in [0.29, 0.717) is 12.8 Å². The van der Waals surface area contributed by atoms with Crippen LogP contribution in [0.2, 0.25) is 0 Å². The standard InChI is InChI=1S/C16H27NO6/c1-3-5-12(18)17-13-9(2)23-11(14(19)15(13)20)8-22-16(21)10-6-4-7-10/h9-11,13-15,19-20H,3-8H2,1-2H3,(H,17,18)/t9?,11-,13+,14-,15-/m1/s1. The Morgan fingerprint density at radius 2 is 1.96 bits per heavy atom. The van der Waals surface area contributed by atoms with Crippen LogP contribution in [0.4, 0.5) is 0 Å². The molecule has 1 aliphatic heterocycles. The molecule has 7 heteroatoms. The summed E-state index contributed by atoms with van der Waals surface area (Å²) < 4.78 is 10.8. The number of carbonyl (C=O) groups is 2. The van der Waals surface area contributed by atoms with Crippen LogP contribution in [0.25, 0.3) is 0 Å². The minimum Gasteiger partial charge on any atom is -0.463 e. The van der Waals surface area contributed by atoms with Crippen LogP contribution in [-0.4, -0.2) is 59.2 Å². The van der Waals surface area contributed by atoms with Gasteiger partial charge in [0.25, 0.3) is 0 Å². The van der Waals surface area contributed by atoms with Crippen molar-refractivity contribution in [3.05, 3.63) is 0 Å². The van der Waals surface area contributed by atoms with Gasteiger partial charge in [0.15, 0.2) is 0 Å². The summed E-state index contributed by atoms with van der Waals surface area (Å²) in [6, 6.07) is -0.678. The highest BCUT2D eigenvalue weighted by Gasteiger charge is 2.43. The van der Waals surface area contributed by atoms with Gasteiger partial charge in [-0.05, 0) is 26.2 Å². The maximum Gasteiger partial charge on any atom is 0.309 e. The Morgan fingerprint density at radius 1 is 1.26 bits per heavy atom. The van der Waals surface area contributed by atoms with Crippen molar-refractivity contribution in [3.8, 4) is 0 Å². The van der Waals surface area contributed by atoms with E-state index in [1.54, 1.807) is 6.92 Å². The van der Waals surface area contributed by atoms with Crippen molar-refractivity contribution >= 4 is 11.9 Å². The van der Waals surface area contributed by atoms with Gasteiger partial charge in [0, 0.05) is 6.42 Å². The first-order chi connectivity index (χ1) is 10.9. The van der Waals surface area contributed by atoms with Crippen molar-refractivity contribution in [1.29, 1.82) is 0 Å². The molecule has 1 unspecified atom stereocenters. The number of amides is 1. The number of hydrogen-bond donors (Lipinski definition) is 3. The van der Waals surface area contributed by atoms with Crippen LogP contribution in [0.5, 0.6) is 0 Å². The van der Waals surface area contributed by atoms with E-state index in [9.17, 15) is 19.8 Å². The lowest BCUT2D eigenvalue weighted by Crippen LogP contribution is -2.63. The zero-order chi connectivity index (χ0) is 17.0. The first-order valence-electron chi connectivity index (χ1n) is 8.41. The van der Waals surface area contributed by atoms with Crippen molar-refractivity contribution in [2.24, 2.45) is 5.92 Å². The Bertz CT molecular complexity index is 425. The van der Waals surface area contributed by atoms with E-state index in [0.717, 1.165) is 19.3 Å². The van der Waals surface area contributed by atoms with Gasteiger partial charge in [-0.2, -0.15) is 0 Å². The third-order valence-electron chi connectivity index (χ3n) is 4.63. The van der Waals surface area contributed by atoms with Gasteiger partial charge in [0.1, 0.15) is 24.9 Å². The van der Waals surface area contributed by atoms with Crippen molar-refractivity contribution in [2.75, 3.05) is 6.61 Å². The molecule has 0 spiro atoms. The molecule has 0 aromatic carbocycles. The van der Waals surface area contributed by atoms with Gasteiger partial charge in [-0.3, -0.25) is 9.59 Å². The van der Waals surface area contributed by atoms with Gasteiger partial charge in [-0.15, -0.1) is 0 Å². The number of aliphatic hydroxyl groups is 2. The monoisotopic (exact) mass is 329 g/mol. The van der Waals surface area contributed by atoms with Crippen LogP contribution in [0.1, 0.15) is 46.0 Å². The number of hydrogen-bond acceptors (Lipinski definition) is 6. The summed E-state index contributed by atoms with van der Waals surface area (Å²) >= 11 is 0. The molecular weight excluding hydrogens is 302 g/mol. The van der Waals surface area contributed by atoms with Gasteiger partial charge >= 0.3 is 5.97 Å². The fraction of sp³-hybridized carbons (Fsp3) is 0.875. The lowest BCUT2D eigenvalue weighted by atomic mass is 9.86. The average Bonchev–Trinajstić information content (AvgIpc) is 2.44. The Balaban J connectivity index is 1.85. The van der Waals surface area contributed by atoms with Gasteiger partial charge in [-0.1, -0.05) is 13.3 Å². The SMILES string of the molecule is CCCC(=O)N[C@H]1C(C)O[C@H](COC(=O)C2CCC2)[C@@H](O)[C@@H]1O. The fourth-order valence-corrected chi connectivity index (χ4v) is 2.90. The molecule has 132 valence electrons. The number of rotatable bonds is 6. The molecule has 2 rings (SSSR count). The summed E-state index contributed by atoms with van der Waals surface area (Å²) in [6.45, 7) is 3.51. The molecule has 0 bridgehead atoms. The normalized spacial score (nSPS) is 34.5. The summed E-state index contributed by atoms with van der Waals surface area (Å²) in [4.78, 5) is 23.4. The quantitative estimate of drug-likeness (QED) is 0.598. The Labute approximate surface area is 136 Å². The second kappa shape index (κ2) is 8.08. The third-order valence-corrected chi connectivity index (χ3v) is 4.63. The average molecular weight is 329 g/mol. The molecule has 2 aliphatic rings. The second-order valence-corrected chi connectivity index (χ2v) is 6.46. The molecule has 0 radical (unpaired) electrons. The molecule has 0 aromatic rings. The van der Waals surface area contributed by atoms with Gasteiger partial charge in [-0.25, -0.2) is 0 Å². The Morgan fingerprint density at radius 3 is 2.52 bits per heavy atom. The van der Waals surface area contributed by atoms with Crippen LogP contribution in [0, 0.1) is 5.92 Å². The first-order valence-corrected chi connectivity index (χ1v) is 8.41. The smallest absolute Gasteiger partial charge is 0.309 e. The lowest BCUT2D eigenvalue weighted by molar-refractivity contribution is -0.199. The van der Waals surface area contributed by atoms with Crippen molar-refractivity contribution in [3.63, 3.8) is 0 Å². The Hall–Kier alpha value is -1.18. The predicted molar refractivity (Wildman–Crippen MR) is 81.5 cm³/mol. The first kappa shape index (κ1) is 18.2. The van der Waals surface area contributed by atoms with Crippen molar-refractivity contribution in [2.45, 2.75) is 76.4 Å². The van der Waals surface area contributed by atoms with Crippen molar-refractivity contribution < 1.29 is 29.3 Å². The summed E-state index contributed by atoms with van der Waals surface area (Å²) in [7, 11) is 0. The number of aliphatic hydroxyl groups excluding tert-OH is 2. The molecule has 3 N–H and O–H groups in total. The van der Waals surface area contributed by atoms with E-state index in [4.69, 9.17) is 9.47 Å². The minimum atomic E-state index is -1.22. The maximum atomic E-state index is 11.7. The molecule has 0 aromatic heterocycles. The number of nitrogens with one attached hydrogen (secondary N) is 1. The molecule has 1 aliphatic carbocycles. The molecule has 5 atom stereocenters. The van der Waals surface area contributed by atoms with Crippen LogP contribution in [0.3, 0.4) is 0 Å². The number of esters is 1. The second-order valence-electron chi connectivity index (χ2n) is 6.46. The number of carbonyl (C=O) groups excluding carboxylic acids is 2. The molecule has 23 heavy (non-hydrogen) atoms. The van der Waals surface area contributed by atoms with E-state index in [1.807, 2.05) is 6.92 Å². The van der Waals surface area contributed by atoms with E-state index < -0.39 is 30.5 Å². The van der Waals surface area contributed by atoms with Crippen LogP contribution >= 0.6 is 0 Å². The van der Waals surface area contributed by atoms with E-state index >= 15 is 0 Å². The Kier molecular flexibility index (Phi) is 6.38. The zero-order valence-corrected chi connectivity index (χ0v) is 13.7.